The standard InChI is InChI=1S/C15H14INO2/c1-10(17-13-5-3-2-4-12(13)16)11-6-7-14-15(8-11)19-9-18-14/h2-8,10,17H,9H2,1H3. The van der Waals surface area contributed by atoms with Crippen molar-refractivity contribution in [3.8, 4) is 11.5 Å². The Bertz CT molecular complexity index is 600. The van der Waals surface area contributed by atoms with E-state index in [-0.39, 0.29) is 6.04 Å². The summed E-state index contributed by atoms with van der Waals surface area (Å²) in [6.07, 6.45) is 0. The second-order valence-corrected chi connectivity index (χ2v) is 5.62. The van der Waals surface area contributed by atoms with Gasteiger partial charge >= 0.3 is 0 Å². The van der Waals surface area contributed by atoms with Crippen LogP contribution in [0.25, 0.3) is 0 Å². The van der Waals surface area contributed by atoms with Crippen molar-refractivity contribution in [2.45, 2.75) is 13.0 Å². The fourth-order valence-electron chi connectivity index (χ4n) is 2.08. The first-order chi connectivity index (χ1) is 9.24. The molecule has 19 heavy (non-hydrogen) atoms. The second kappa shape index (κ2) is 5.28. The van der Waals surface area contributed by atoms with Crippen molar-refractivity contribution in [3.63, 3.8) is 0 Å². The molecule has 4 heteroatoms. The van der Waals surface area contributed by atoms with Gasteiger partial charge in [-0.1, -0.05) is 18.2 Å². The van der Waals surface area contributed by atoms with Crippen molar-refractivity contribution < 1.29 is 9.47 Å². The molecular weight excluding hydrogens is 353 g/mol. The maximum atomic E-state index is 5.41. The van der Waals surface area contributed by atoms with E-state index in [1.165, 1.54) is 9.13 Å². The summed E-state index contributed by atoms with van der Waals surface area (Å²) < 4.78 is 12.0. The molecule has 1 unspecified atom stereocenters. The molecule has 0 amide bonds. The van der Waals surface area contributed by atoms with E-state index in [0.29, 0.717) is 6.79 Å². The minimum Gasteiger partial charge on any atom is -0.454 e. The van der Waals surface area contributed by atoms with Gasteiger partial charge in [0.05, 0.1) is 0 Å². The van der Waals surface area contributed by atoms with Crippen LogP contribution in [0.3, 0.4) is 0 Å². The summed E-state index contributed by atoms with van der Waals surface area (Å²) in [5.74, 6) is 1.65. The van der Waals surface area contributed by atoms with Gasteiger partial charge in [0.2, 0.25) is 6.79 Å². The molecule has 1 atom stereocenters. The van der Waals surface area contributed by atoms with Crippen molar-refractivity contribution in [2.75, 3.05) is 12.1 Å². The maximum Gasteiger partial charge on any atom is 0.231 e. The topological polar surface area (TPSA) is 30.5 Å². The Morgan fingerprint density at radius 2 is 1.89 bits per heavy atom. The quantitative estimate of drug-likeness (QED) is 0.826. The second-order valence-electron chi connectivity index (χ2n) is 4.46. The third-order valence-corrected chi connectivity index (χ3v) is 4.08. The Hall–Kier alpha value is -1.43. The normalized spacial score (nSPS) is 14.2. The van der Waals surface area contributed by atoms with E-state index in [4.69, 9.17) is 9.47 Å². The van der Waals surface area contributed by atoms with E-state index in [9.17, 15) is 0 Å². The molecule has 2 aromatic rings. The molecule has 98 valence electrons. The largest absolute Gasteiger partial charge is 0.454 e. The molecule has 1 aliphatic rings. The molecule has 1 heterocycles. The zero-order chi connectivity index (χ0) is 13.2. The molecule has 0 fully saturated rings. The van der Waals surface area contributed by atoms with E-state index >= 15 is 0 Å². The number of hydrogen-bond acceptors (Lipinski definition) is 3. The van der Waals surface area contributed by atoms with E-state index in [2.05, 4.69) is 53.0 Å². The highest BCUT2D eigenvalue weighted by Gasteiger charge is 2.15. The number of hydrogen-bond donors (Lipinski definition) is 1. The van der Waals surface area contributed by atoms with Gasteiger partial charge in [0.25, 0.3) is 0 Å². The molecule has 0 saturated carbocycles. The SMILES string of the molecule is CC(Nc1ccccc1I)c1ccc2c(c1)OCO2. The molecule has 1 aliphatic heterocycles. The predicted octanol–water partition coefficient (Wildman–Crippen LogP) is 4.19. The van der Waals surface area contributed by atoms with Crippen LogP contribution in [0.4, 0.5) is 5.69 Å². The lowest BCUT2D eigenvalue weighted by atomic mass is 10.1. The average Bonchev–Trinajstić information content (AvgIpc) is 2.88. The minimum absolute atomic E-state index is 0.213. The lowest BCUT2D eigenvalue weighted by molar-refractivity contribution is 0.174. The van der Waals surface area contributed by atoms with Crippen molar-refractivity contribution in [1.82, 2.24) is 0 Å². The van der Waals surface area contributed by atoms with Crippen LogP contribution in [-0.4, -0.2) is 6.79 Å². The van der Waals surface area contributed by atoms with Crippen molar-refractivity contribution in [1.29, 1.82) is 0 Å². The number of benzene rings is 2. The molecule has 0 saturated heterocycles. The van der Waals surface area contributed by atoms with Gasteiger partial charge in [0, 0.05) is 15.3 Å². The first kappa shape index (κ1) is 12.6. The van der Waals surface area contributed by atoms with Crippen LogP contribution in [0.1, 0.15) is 18.5 Å². The van der Waals surface area contributed by atoms with E-state index in [0.717, 1.165) is 17.2 Å². The Kier molecular flexibility index (Phi) is 3.50. The smallest absolute Gasteiger partial charge is 0.231 e. The summed E-state index contributed by atoms with van der Waals surface area (Å²) in [4.78, 5) is 0. The van der Waals surface area contributed by atoms with Crippen LogP contribution in [0.2, 0.25) is 0 Å². The van der Waals surface area contributed by atoms with Crippen LogP contribution in [0.5, 0.6) is 11.5 Å². The van der Waals surface area contributed by atoms with Crippen LogP contribution in [0, 0.1) is 3.57 Å². The first-order valence-corrected chi connectivity index (χ1v) is 7.22. The van der Waals surface area contributed by atoms with Gasteiger partial charge in [-0.05, 0) is 59.3 Å². The van der Waals surface area contributed by atoms with Crippen molar-refractivity contribution >= 4 is 28.3 Å². The highest BCUT2D eigenvalue weighted by atomic mass is 127. The summed E-state index contributed by atoms with van der Waals surface area (Å²) in [6, 6.07) is 14.5. The highest BCUT2D eigenvalue weighted by Crippen LogP contribution is 2.35. The van der Waals surface area contributed by atoms with Crippen LogP contribution >= 0.6 is 22.6 Å². The van der Waals surface area contributed by atoms with Crippen molar-refractivity contribution in [3.05, 3.63) is 51.6 Å². The van der Waals surface area contributed by atoms with Gasteiger partial charge in [-0.3, -0.25) is 0 Å². The molecule has 0 bridgehead atoms. The van der Waals surface area contributed by atoms with Crippen LogP contribution in [-0.2, 0) is 0 Å². The fourth-order valence-corrected chi connectivity index (χ4v) is 2.62. The molecule has 1 N–H and O–H groups in total. The van der Waals surface area contributed by atoms with Crippen LogP contribution < -0.4 is 14.8 Å². The number of rotatable bonds is 3. The number of anilines is 1. The third-order valence-electron chi connectivity index (χ3n) is 3.14. The molecule has 0 radical (unpaired) electrons. The minimum atomic E-state index is 0.213. The number of nitrogens with one attached hydrogen (secondary N) is 1. The van der Waals surface area contributed by atoms with Gasteiger partial charge in [0.1, 0.15) is 0 Å². The summed E-state index contributed by atoms with van der Waals surface area (Å²) in [6.45, 7) is 2.46. The monoisotopic (exact) mass is 367 g/mol. The van der Waals surface area contributed by atoms with Gasteiger partial charge in [-0.25, -0.2) is 0 Å². The van der Waals surface area contributed by atoms with Crippen LogP contribution in [0.15, 0.2) is 42.5 Å². The number of fused-ring (bicyclic) bond motifs is 1. The number of para-hydroxylation sites is 1. The molecular formula is C15H14INO2. The molecule has 0 spiro atoms. The van der Waals surface area contributed by atoms with Gasteiger partial charge in [0.15, 0.2) is 11.5 Å². The fraction of sp³-hybridized carbons (Fsp3) is 0.200. The average molecular weight is 367 g/mol. The third kappa shape index (κ3) is 2.63. The molecule has 0 aliphatic carbocycles. The van der Waals surface area contributed by atoms with Gasteiger partial charge in [-0.15, -0.1) is 0 Å². The first-order valence-electron chi connectivity index (χ1n) is 6.14. The highest BCUT2D eigenvalue weighted by molar-refractivity contribution is 14.1. The van der Waals surface area contributed by atoms with Gasteiger partial charge < -0.3 is 14.8 Å². The Morgan fingerprint density at radius 1 is 1.11 bits per heavy atom. The molecule has 3 rings (SSSR count). The number of halogens is 1. The summed E-state index contributed by atoms with van der Waals surface area (Å²) in [7, 11) is 0. The molecule has 3 nitrogen and oxygen atoms in total. The number of ether oxygens (including phenoxy) is 2. The Morgan fingerprint density at radius 3 is 2.74 bits per heavy atom. The summed E-state index contributed by atoms with van der Waals surface area (Å²) in [5.41, 5.74) is 2.33. The summed E-state index contributed by atoms with van der Waals surface area (Å²) >= 11 is 2.34. The Balaban J connectivity index is 1.81. The molecule has 2 aromatic carbocycles. The van der Waals surface area contributed by atoms with E-state index in [1.54, 1.807) is 0 Å². The van der Waals surface area contributed by atoms with Gasteiger partial charge in [-0.2, -0.15) is 0 Å². The molecule has 0 aromatic heterocycles. The zero-order valence-corrected chi connectivity index (χ0v) is 12.7. The zero-order valence-electron chi connectivity index (χ0n) is 10.5. The maximum absolute atomic E-state index is 5.41. The summed E-state index contributed by atoms with van der Waals surface area (Å²) in [5, 5.41) is 3.51. The van der Waals surface area contributed by atoms with E-state index in [1.807, 2.05) is 24.3 Å². The lowest BCUT2D eigenvalue weighted by Crippen LogP contribution is -2.07. The lowest BCUT2D eigenvalue weighted by Gasteiger charge is -2.17. The van der Waals surface area contributed by atoms with E-state index < -0.39 is 0 Å². The Labute approximate surface area is 126 Å². The predicted molar refractivity (Wildman–Crippen MR) is 83.8 cm³/mol. The van der Waals surface area contributed by atoms with Crippen molar-refractivity contribution in [2.24, 2.45) is 0 Å².